The number of aliphatic hydroxyl groups is 2. The van der Waals surface area contributed by atoms with E-state index in [2.05, 4.69) is 162 Å². The van der Waals surface area contributed by atoms with Crippen molar-refractivity contribution >= 4 is 92.3 Å². The Kier molecular flexibility index (Phi) is 104. The van der Waals surface area contributed by atoms with E-state index in [1.54, 1.807) is 23.9 Å². The van der Waals surface area contributed by atoms with E-state index in [1.165, 1.54) is 88.9 Å². The molecule has 616 valence electrons. The number of nitrogen functional groups attached to an aromatic ring is 1. The number of Topliss-reactive ketones (excluding diaryl/α,β-unsaturated/α-hetero) is 1. The van der Waals surface area contributed by atoms with Crippen LogP contribution in [0, 0.1) is 27.7 Å². The molecule has 0 fully saturated rings. The van der Waals surface area contributed by atoms with Gasteiger partial charge in [0.05, 0.1) is 91.5 Å². The van der Waals surface area contributed by atoms with Crippen LogP contribution >= 0.6 is 74.9 Å². The lowest BCUT2D eigenvalue weighted by molar-refractivity contribution is 0.0333. The Morgan fingerprint density at radius 3 is 0.925 bits per heavy atom. The molecule has 0 aliphatic heterocycles. The second-order valence-electron chi connectivity index (χ2n) is 22.6. The Hall–Kier alpha value is -4.32. The van der Waals surface area contributed by atoms with Crippen LogP contribution in [0.3, 0.4) is 0 Å². The van der Waals surface area contributed by atoms with Crippen molar-refractivity contribution in [1.29, 1.82) is 0 Å². The highest BCUT2D eigenvalue weighted by molar-refractivity contribution is 7.99. The number of carbonyl (C=O) groups excluding carboxylic acids is 1. The van der Waals surface area contributed by atoms with Crippen LogP contribution in [0.15, 0.2) is 165 Å². The summed E-state index contributed by atoms with van der Waals surface area (Å²) in [7, 11) is 0. The lowest BCUT2D eigenvalue weighted by Gasteiger charge is -2.02. The summed E-state index contributed by atoms with van der Waals surface area (Å²) >= 11 is 22.2. The molecule has 107 heavy (non-hydrogen) atoms. The average molecular weight is 1610 g/mol. The average Bonchev–Trinajstić information content (AvgIpc) is 0.895. The Morgan fingerprint density at radius 2 is 0.682 bits per heavy atom. The Labute approximate surface area is 681 Å². The van der Waals surface area contributed by atoms with E-state index >= 15 is 0 Å². The van der Waals surface area contributed by atoms with Gasteiger partial charge in [0.15, 0.2) is 5.78 Å². The minimum atomic E-state index is -0.981. The van der Waals surface area contributed by atoms with E-state index < -0.39 is 5.97 Å². The number of rotatable bonds is 38. The van der Waals surface area contributed by atoms with Crippen LogP contribution in [0.4, 0.5) is 5.69 Å². The second kappa shape index (κ2) is 95.9. The molecule has 0 heterocycles. The largest absolute Gasteiger partial charge is 0.508 e. The fourth-order valence-corrected chi connectivity index (χ4v) is 8.11. The number of aliphatic hydroxyl groups excluding tert-OH is 2. The number of carbonyl (C=O) groups is 2. The number of unbranched alkanes of at least 4 members (excludes halogenated alkanes) is 3. The van der Waals surface area contributed by atoms with Gasteiger partial charge in [-0.25, -0.2) is 4.79 Å². The highest BCUT2D eigenvalue weighted by Crippen LogP contribution is 2.28. The Morgan fingerprint density at radius 1 is 0.374 bits per heavy atom. The second-order valence-corrected chi connectivity index (χ2v) is 26.1. The number of hydrogen-bond donors (Lipinski definition) is 12. The minimum absolute atomic E-state index is 0. The molecule has 0 amide bonds. The van der Waals surface area contributed by atoms with Gasteiger partial charge in [-0.15, -0.1) is 25.3 Å². The SMILES string of the molecule is C.CC(=O)c1ccc(C(=O)O)cc1.CCCCN.CCCCO.CCCCS.CCCOCCOCCN.CCCOCCOCCO.CCCOCCOCCS.CCCOCCOCCS.Cc1ccc(N)cc1.Cc1ccc(O)cc1.Cc1ccc(S)cc1.Cc1ccc(Sc2ccc(S)cc2)cc1. The standard InChI is InChI=1S/C13H12S2.C9H8O3.C7H17NO2.C7H9N.C7H16O3.2C7H16O2S.C7H8O.C7H8S.C4H11N.C4H10O.C4H10S.CH4/c1-10-2-6-12(7-3-10)15-13-8-4-11(14)5-9-13;1-6(10)7-2-4-8(5-3-7)9(11)12;1-2-4-9-6-7-10-5-3-8;1-6-2-4-7(8)5-3-6;1-2-4-9-6-7-10-5-3-8;2*1-2-3-8-4-5-9-6-7-10;2*1-6-2-4-7(8)5-3-6;3*1-2-3-4-5;/h2-9,14H,1H3;2-5H,1H3,(H,11,12);2-8H2,1H3;2-5H,8H2,1H3;8H,2-7H2,1H3;2*10H,2-7H2,1H3;2*2-5,8H,1H3;2-5H2,1H3;2*5H,2-4H2,1H3;1H4. The molecule has 23 heteroatoms. The summed E-state index contributed by atoms with van der Waals surface area (Å²) in [5.41, 5.74) is 22.3. The van der Waals surface area contributed by atoms with Gasteiger partial charge in [0.1, 0.15) is 5.75 Å². The number of ether oxygens (including phenoxy) is 8. The first-order valence-electron chi connectivity index (χ1n) is 36.9. The van der Waals surface area contributed by atoms with Crippen molar-refractivity contribution < 1.29 is 67.9 Å². The lowest BCUT2D eigenvalue weighted by atomic mass is 10.1. The van der Waals surface area contributed by atoms with E-state index in [-0.39, 0.29) is 25.4 Å². The highest BCUT2D eigenvalue weighted by atomic mass is 32.2. The van der Waals surface area contributed by atoms with Crippen LogP contribution in [0.25, 0.3) is 0 Å². The van der Waals surface area contributed by atoms with E-state index in [0.717, 1.165) is 117 Å². The minimum Gasteiger partial charge on any atom is -0.508 e. The molecule has 6 aromatic rings. The molecule has 0 aromatic heterocycles. The van der Waals surface area contributed by atoms with Crippen molar-refractivity contribution in [2.24, 2.45) is 11.5 Å². The molecule has 0 spiro atoms. The fraction of sp³-hybridized carbons (Fsp3) is 0.548. The molecule has 0 aliphatic rings. The quantitative estimate of drug-likeness (QED) is 0.00744. The highest BCUT2D eigenvalue weighted by Gasteiger charge is 2.03. The molecular formula is C84H145N3O14S6. The maximum Gasteiger partial charge on any atom is 0.335 e. The van der Waals surface area contributed by atoms with Gasteiger partial charge < -0.3 is 75.5 Å². The van der Waals surface area contributed by atoms with Gasteiger partial charge in [0.25, 0.3) is 0 Å². The van der Waals surface area contributed by atoms with Gasteiger partial charge >= 0.3 is 5.97 Å². The molecular weight excluding hydrogens is 1470 g/mol. The van der Waals surface area contributed by atoms with Crippen molar-refractivity contribution in [3.05, 3.63) is 179 Å². The van der Waals surface area contributed by atoms with Gasteiger partial charge in [0.2, 0.25) is 0 Å². The number of nitrogens with two attached hydrogens (primary N) is 3. The molecule has 10 N–H and O–H groups in total. The van der Waals surface area contributed by atoms with Crippen LogP contribution in [0.1, 0.15) is 170 Å². The predicted octanol–water partition coefficient (Wildman–Crippen LogP) is 19.0. The van der Waals surface area contributed by atoms with E-state index in [4.69, 9.17) is 75.5 Å². The number of hydrogen-bond acceptors (Lipinski definition) is 22. The molecule has 0 aliphatic carbocycles. The molecule has 0 saturated heterocycles. The normalized spacial score (nSPS) is 9.54. The maximum atomic E-state index is 10.8. The summed E-state index contributed by atoms with van der Waals surface area (Å²) in [5.74, 6) is 1.89. The molecule has 17 nitrogen and oxygen atoms in total. The maximum absolute atomic E-state index is 10.8. The van der Waals surface area contributed by atoms with E-state index in [0.29, 0.717) is 90.5 Å². The molecule has 0 saturated carbocycles. The van der Waals surface area contributed by atoms with Crippen LogP contribution in [-0.2, 0) is 37.9 Å². The third kappa shape index (κ3) is 97.7. The van der Waals surface area contributed by atoms with Crippen molar-refractivity contribution in [1.82, 2.24) is 0 Å². The lowest BCUT2D eigenvalue weighted by Crippen LogP contribution is -2.12. The zero-order valence-corrected chi connectivity index (χ0v) is 71.7. The molecule has 0 atom stereocenters. The third-order valence-corrected chi connectivity index (χ3v) is 14.5. The van der Waals surface area contributed by atoms with Crippen molar-refractivity contribution in [3.8, 4) is 5.75 Å². The fourth-order valence-electron chi connectivity index (χ4n) is 6.42. The summed E-state index contributed by atoms with van der Waals surface area (Å²) in [6.07, 6.45) is 11.2. The number of aromatic hydroxyl groups is 1. The summed E-state index contributed by atoms with van der Waals surface area (Å²) < 4.78 is 40.9. The number of ketones is 1. The van der Waals surface area contributed by atoms with Gasteiger partial charge in [-0.3, -0.25) is 4.79 Å². The van der Waals surface area contributed by atoms with E-state index in [1.807, 2.05) is 86.6 Å². The number of anilines is 1. The monoisotopic (exact) mass is 1610 g/mol. The zero-order valence-electron chi connectivity index (χ0n) is 66.4. The van der Waals surface area contributed by atoms with Crippen molar-refractivity contribution in [3.63, 3.8) is 0 Å². The predicted molar refractivity (Wildman–Crippen MR) is 472 cm³/mol. The topological polar surface area (TPSA) is 267 Å². The first kappa shape index (κ1) is 116. The Balaban J connectivity index is -0.000000206. The first-order chi connectivity index (χ1) is 51.1. The van der Waals surface area contributed by atoms with E-state index in [9.17, 15) is 9.59 Å². The van der Waals surface area contributed by atoms with Crippen LogP contribution < -0.4 is 17.2 Å². The number of aromatic carboxylic acids is 1. The van der Waals surface area contributed by atoms with Gasteiger partial charge in [-0.05, 0) is 177 Å². The summed E-state index contributed by atoms with van der Waals surface area (Å²) in [6.45, 7) is 37.3. The number of phenolic OH excluding ortho intramolecular Hbond substituents is 1. The summed E-state index contributed by atoms with van der Waals surface area (Å²) in [4.78, 5) is 25.7. The number of carboxylic acids is 1. The molecule has 0 unspecified atom stereocenters. The smallest absolute Gasteiger partial charge is 0.335 e. The van der Waals surface area contributed by atoms with Crippen molar-refractivity contribution in [2.75, 3.05) is 155 Å². The number of phenols is 1. The zero-order chi connectivity index (χ0) is 80.8. The van der Waals surface area contributed by atoms with Gasteiger partial charge in [-0.2, -0.15) is 37.9 Å². The van der Waals surface area contributed by atoms with Crippen LogP contribution in [0.2, 0.25) is 0 Å². The summed E-state index contributed by atoms with van der Waals surface area (Å²) in [6, 6.07) is 45.6. The molecule has 6 aromatic carbocycles. The molecule has 6 rings (SSSR count). The third-order valence-electron chi connectivity index (χ3n) is 12.2. The van der Waals surface area contributed by atoms with Crippen LogP contribution in [0.5, 0.6) is 5.75 Å². The molecule has 0 radical (unpaired) electrons. The van der Waals surface area contributed by atoms with Crippen LogP contribution in [-0.4, -0.2) is 181 Å². The van der Waals surface area contributed by atoms with Gasteiger partial charge in [-0.1, -0.05) is 170 Å². The summed E-state index contributed by atoms with van der Waals surface area (Å²) in [5, 5.41) is 33.7. The number of aryl methyl sites for hydroxylation is 4. The number of carboxylic acid groups (broad SMARTS) is 1. The van der Waals surface area contributed by atoms with Gasteiger partial charge in [0, 0.05) is 81.9 Å². The number of thiol groups is 5. The Bertz CT molecular complexity index is 2320. The van der Waals surface area contributed by atoms with Crippen molar-refractivity contribution in [2.45, 2.75) is 174 Å². The number of benzene rings is 6. The molecule has 0 bridgehead atoms. The first-order valence-corrected chi connectivity index (χ1v) is 40.5.